The first kappa shape index (κ1) is 13.5. The zero-order valence-corrected chi connectivity index (χ0v) is 11.9. The Hall–Kier alpha value is -0.540. The van der Waals surface area contributed by atoms with E-state index < -0.39 is 0 Å². The summed E-state index contributed by atoms with van der Waals surface area (Å²) in [6.45, 7) is 8.71. The number of rotatable bonds is 5. The van der Waals surface area contributed by atoms with Crippen molar-refractivity contribution in [1.29, 1.82) is 0 Å². The third-order valence-electron chi connectivity index (χ3n) is 3.06. The molecule has 0 fully saturated rings. The van der Waals surface area contributed by atoms with Crippen molar-refractivity contribution in [2.75, 3.05) is 12.3 Å². The van der Waals surface area contributed by atoms with Gasteiger partial charge in [0, 0.05) is 22.7 Å². The van der Waals surface area contributed by atoms with Gasteiger partial charge in [-0.15, -0.1) is 0 Å². The van der Waals surface area contributed by atoms with Crippen LogP contribution in [0.5, 0.6) is 0 Å². The van der Waals surface area contributed by atoms with Gasteiger partial charge in [-0.1, -0.05) is 29.8 Å². The molecular formula is C13H21BrN2. The Morgan fingerprint density at radius 3 is 2.62 bits per heavy atom. The number of hydrogen-bond donors (Lipinski definition) is 1. The number of hydrogen-bond acceptors (Lipinski definition) is 2. The Kier molecular flexibility index (Phi) is 5.29. The van der Waals surface area contributed by atoms with Crippen molar-refractivity contribution in [3.63, 3.8) is 0 Å². The van der Waals surface area contributed by atoms with Crippen molar-refractivity contribution < 1.29 is 0 Å². The minimum atomic E-state index is 0.610. The highest BCUT2D eigenvalue weighted by atomic mass is 79.9. The van der Waals surface area contributed by atoms with Gasteiger partial charge in [0.15, 0.2) is 0 Å². The fraction of sp³-hybridized carbons (Fsp3) is 0.538. The van der Waals surface area contributed by atoms with Crippen molar-refractivity contribution in [1.82, 2.24) is 4.90 Å². The van der Waals surface area contributed by atoms with Gasteiger partial charge in [0.1, 0.15) is 0 Å². The van der Waals surface area contributed by atoms with Crippen molar-refractivity contribution in [2.24, 2.45) is 0 Å². The molecule has 1 aromatic carbocycles. The van der Waals surface area contributed by atoms with Crippen LogP contribution in [0, 0.1) is 0 Å². The van der Waals surface area contributed by atoms with E-state index in [0.29, 0.717) is 6.04 Å². The Morgan fingerprint density at radius 2 is 2.06 bits per heavy atom. The van der Waals surface area contributed by atoms with E-state index in [9.17, 15) is 0 Å². The number of benzene rings is 1. The molecule has 0 heterocycles. The highest BCUT2D eigenvalue weighted by Gasteiger charge is 2.12. The first-order valence-electron chi connectivity index (χ1n) is 5.86. The molecule has 1 aromatic rings. The smallest absolute Gasteiger partial charge is 0.0318 e. The molecule has 1 rings (SSSR count). The number of nitrogens with two attached hydrogens (primary N) is 1. The van der Waals surface area contributed by atoms with Gasteiger partial charge in [0.05, 0.1) is 0 Å². The maximum Gasteiger partial charge on any atom is 0.0318 e. The summed E-state index contributed by atoms with van der Waals surface area (Å²) < 4.78 is 1.14. The number of nitrogens with zero attached hydrogens (tertiary/aromatic N) is 1. The number of halogens is 1. The molecule has 0 aliphatic carbocycles. The van der Waals surface area contributed by atoms with Gasteiger partial charge in [-0.2, -0.15) is 0 Å². The average Bonchev–Trinajstić information content (AvgIpc) is 2.29. The van der Waals surface area contributed by atoms with E-state index in [1.807, 2.05) is 12.1 Å². The standard InChI is InChI=1S/C13H21BrN2/c1-4-10(3)16(5-2)9-11-8-12(15)6-7-13(11)14/h6-8,10H,4-5,9,15H2,1-3H3. The molecule has 2 N–H and O–H groups in total. The lowest BCUT2D eigenvalue weighted by Gasteiger charge is -2.27. The van der Waals surface area contributed by atoms with E-state index >= 15 is 0 Å². The predicted octanol–water partition coefficient (Wildman–Crippen LogP) is 3.65. The lowest BCUT2D eigenvalue weighted by atomic mass is 10.1. The van der Waals surface area contributed by atoms with Crippen LogP contribution in [0.3, 0.4) is 0 Å². The van der Waals surface area contributed by atoms with E-state index in [1.165, 1.54) is 12.0 Å². The maximum atomic E-state index is 5.81. The Balaban J connectivity index is 2.81. The van der Waals surface area contributed by atoms with Crippen LogP contribution in [0.15, 0.2) is 22.7 Å². The highest BCUT2D eigenvalue weighted by molar-refractivity contribution is 9.10. The molecule has 0 radical (unpaired) electrons. The van der Waals surface area contributed by atoms with Gasteiger partial charge in [-0.25, -0.2) is 0 Å². The lowest BCUT2D eigenvalue weighted by molar-refractivity contribution is 0.206. The molecule has 0 aliphatic rings. The number of anilines is 1. The fourth-order valence-electron chi connectivity index (χ4n) is 1.77. The molecule has 0 aromatic heterocycles. The Labute approximate surface area is 107 Å². The van der Waals surface area contributed by atoms with Crippen LogP contribution in [0.4, 0.5) is 5.69 Å². The molecule has 0 spiro atoms. The van der Waals surface area contributed by atoms with Crippen LogP contribution in [-0.2, 0) is 6.54 Å². The summed E-state index contributed by atoms with van der Waals surface area (Å²) in [5.74, 6) is 0. The zero-order valence-electron chi connectivity index (χ0n) is 10.3. The van der Waals surface area contributed by atoms with E-state index in [2.05, 4.69) is 47.7 Å². The monoisotopic (exact) mass is 284 g/mol. The molecule has 0 bridgehead atoms. The number of nitrogen functional groups attached to an aromatic ring is 1. The van der Waals surface area contributed by atoms with Crippen LogP contribution >= 0.6 is 15.9 Å². The predicted molar refractivity (Wildman–Crippen MR) is 74.4 cm³/mol. The van der Waals surface area contributed by atoms with Gasteiger partial charge < -0.3 is 5.73 Å². The average molecular weight is 285 g/mol. The van der Waals surface area contributed by atoms with Crippen molar-refractivity contribution >= 4 is 21.6 Å². The Morgan fingerprint density at radius 1 is 1.38 bits per heavy atom. The summed E-state index contributed by atoms with van der Waals surface area (Å²) in [5, 5.41) is 0. The molecule has 0 amide bonds. The molecular weight excluding hydrogens is 264 g/mol. The highest BCUT2D eigenvalue weighted by Crippen LogP contribution is 2.22. The van der Waals surface area contributed by atoms with Crippen molar-refractivity contribution in [3.05, 3.63) is 28.2 Å². The van der Waals surface area contributed by atoms with Gasteiger partial charge in [0.2, 0.25) is 0 Å². The quantitative estimate of drug-likeness (QED) is 0.837. The normalized spacial score (nSPS) is 13.1. The lowest BCUT2D eigenvalue weighted by Crippen LogP contribution is -2.31. The second-order valence-electron chi connectivity index (χ2n) is 4.17. The van der Waals surface area contributed by atoms with Crippen LogP contribution in [0.2, 0.25) is 0 Å². The fourth-order valence-corrected chi connectivity index (χ4v) is 2.14. The van der Waals surface area contributed by atoms with Gasteiger partial charge in [0.25, 0.3) is 0 Å². The first-order valence-corrected chi connectivity index (χ1v) is 6.65. The topological polar surface area (TPSA) is 29.3 Å². The molecule has 0 aliphatic heterocycles. The van der Waals surface area contributed by atoms with Crippen molar-refractivity contribution in [2.45, 2.75) is 39.8 Å². The molecule has 0 saturated heterocycles. The van der Waals surface area contributed by atoms with Crippen LogP contribution in [-0.4, -0.2) is 17.5 Å². The summed E-state index contributed by atoms with van der Waals surface area (Å²) in [6, 6.07) is 6.61. The van der Waals surface area contributed by atoms with Crippen molar-refractivity contribution in [3.8, 4) is 0 Å². The van der Waals surface area contributed by atoms with Gasteiger partial charge in [-0.3, -0.25) is 4.90 Å². The molecule has 1 atom stereocenters. The third-order valence-corrected chi connectivity index (χ3v) is 3.84. The van der Waals surface area contributed by atoms with E-state index in [4.69, 9.17) is 5.73 Å². The SMILES string of the molecule is CCC(C)N(CC)Cc1cc(N)ccc1Br. The van der Waals surface area contributed by atoms with E-state index in [0.717, 1.165) is 23.2 Å². The summed E-state index contributed by atoms with van der Waals surface area (Å²) in [7, 11) is 0. The molecule has 3 heteroatoms. The van der Waals surface area contributed by atoms with Crippen LogP contribution < -0.4 is 5.73 Å². The molecule has 90 valence electrons. The molecule has 1 unspecified atom stereocenters. The third kappa shape index (κ3) is 3.49. The summed E-state index contributed by atoms with van der Waals surface area (Å²) >= 11 is 3.58. The molecule has 0 saturated carbocycles. The summed E-state index contributed by atoms with van der Waals surface area (Å²) in [5.41, 5.74) is 7.91. The van der Waals surface area contributed by atoms with E-state index in [1.54, 1.807) is 0 Å². The van der Waals surface area contributed by atoms with Crippen LogP contribution in [0.25, 0.3) is 0 Å². The summed E-state index contributed by atoms with van der Waals surface area (Å²) in [4.78, 5) is 2.46. The van der Waals surface area contributed by atoms with Crippen LogP contribution in [0.1, 0.15) is 32.8 Å². The largest absolute Gasteiger partial charge is 0.399 e. The first-order chi connectivity index (χ1) is 7.58. The Bertz CT molecular complexity index is 339. The zero-order chi connectivity index (χ0) is 12.1. The summed E-state index contributed by atoms with van der Waals surface area (Å²) in [6.07, 6.45) is 1.17. The maximum absolute atomic E-state index is 5.81. The van der Waals surface area contributed by atoms with E-state index in [-0.39, 0.29) is 0 Å². The van der Waals surface area contributed by atoms with Gasteiger partial charge in [-0.05, 0) is 43.7 Å². The second kappa shape index (κ2) is 6.26. The molecule has 16 heavy (non-hydrogen) atoms. The molecule has 2 nitrogen and oxygen atoms in total. The minimum absolute atomic E-state index is 0.610. The van der Waals surface area contributed by atoms with Gasteiger partial charge >= 0.3 is 0 Å². The second-order valence-corrected chi connectivity index (χ2v) is 5.03. The minimum Gasteiger partial charge on any atom is -0.399 e.